The third-order valence-electron chi connectivity index (χ3n) is 5.12. The van der Waals surface area contributed by atoms with E-state index < -0.39 is 4.92 Å². The van der Waals surface area contributed by atoms with E-state index in [0.717, 1.165) is 5.69 Å². The summed E-state index contributed by atoms with van der Waals surface area (Å²) in [4.78, 5) is 49.0. The number of hydrogen-bond acceptors (Lipinski definition) is 8. The van der Waals surface area contributed by atoms with Gasteiger partial charge < -0.3 is 10.2 Å². The molecule has 0 bridgehead atoms. The lowest BCUT2D eigenvalue weighted by Crippen LogP contribution is -2.38. The first-order valence-corrected chi connectivity index (χ1v) is 10.4. The molecule has 1 heterocycles. The van der Waals surface area contributed by atoms with Gasteiger partial charge >= 0.3 is 0 Å². The highest BCUT2D eigenvalue weighted by Crippen LogP contribution is 2.32. The van der Waals surface area contributed by atoms with Gasteiger partial charge in [0, 0.05) is 57.2 Å². The Hall–Kier alpha value is -4.15. The molecule has 2 aromatic carbocycles. The number of benzene rings is 2. The molecule has 1 aliphatic heterocycles. The van der Waals surface area contributed by atoms with Gasteiger partial charge in [0.2, 0.25) is 17.7 Å². The van der Waals surface area contributed by atoms with Crippen molar-refractivity contribution in [3.05, 3.63) is 52.6 Å². The van der Waals surface area contributed by atoms with E-state index in [1.165, 1.54) is 36.1 Å². The molecule has 1 N–H and O–H groups in total. The van der Waals surface area contributed by atoms with E-state index in [1.54, 1.807) is 12.1 Å². The second-order valence-corrected chi connectivity index (χ2v) is 7.37. The fourth-order valence-electron chi connectivity index (χ4n) is 3.41. The second kappa shape index (κ2) is 10.4. The minimum atomic E-state index is -0.496. The standard InChI is InChI=1S/C22H24N6O5/c1-3-26(12-13-27-21(30)10-11-22(27)31)18-8-9-19(20(14-18)23-15(2)29)25-24-16-4-6-17(7-5-16)28(32)33/h4-9,14H,3,10-13H2,1-2H3,(H,23,29). The number of carbonyl (C=O) groups excluding carboxylic acids is 3. The lowest BCUT2D eigenvalue weighted by atomic mass is 10.2. The Bertz CT molecular complexity index is 1080. The normalized spacial score (nSPS) is 13.6. The molecular formula is C22H24N6O5. The van der Waals surface area contributed by atoms with Crippen molar-refractivity contribution in [2.24, 2.45) is 10.2 Å². The molecule has 0 unspecified atom stereocenters. The highest BCUT2D eigenvalue weighted by Gasteiger charge is 2.28. The predicted molar refractivity (Wildman–Crippen MR) is 122 cm³/mol. The highest BCUT2D eigenvalue weighted by atomic mass is 16.6. The van der Waals surface area contributed by atoms with E-state index in [9.17, 15) is 24.5 Å². The zero-order valence-corrected chi connectivity index (χ0v) is 18.4. The van der Waals surface area contributed by atoms with Gasteiger partial charge in [-0.05, 0) is 37.3 Å². The molecule has 0 radical (unpaired) electrons. The Kier molecular flexibility index (Phi) is 7.44. The molecule has 11 heteroatoms. The summed E-state index contributed by atoms with van der Waals surface area (Å²) in [5.74, 6) is -0.593. The number of likely N-dealkylation sites (N-methyl/N-ethyl adjacent to an activating group) is 1. The zero-order chi connectivity index (χ0) is 24.0. The summed E-state index contributed by atoms with van der Waals surface area (Å²) in [7, 11) is 0. The molecule has 172 valence electrons. The van der Waals surface area contributed by atoms with Crippen molar-refractivity contribution in [3.63, 3.8) is 0 Å². The van der Waals surface area contributed by atoms with Gasteiger partial charge in [-0.1, -0.05) is 0 Å². The maximum Gasteiger partial charge on any atom is 0.269 e. The maximum atomic E-state index is 11.9. The van der Waals surface area contributed by atoms with E-state index in [1.807, 2.05) is 17.9 Å². The number of rotatable bonds is 9. The van der Waals surface area contributed by atoms with E-state index >= 15 is 0 Å². The number of nitro groups is 1. The Balaban J connectivity index is 1.79. The summed E-state index contributed by atoms with van der Waals surface area (Å²) < 4.78 is 0. The monoisotopic (exact) mass is 452 g/mol. The number of azo groups is 1. The van der Waals surface area contributed by atoms with Gasteiger partial charge in [-0.3, -0.25) is 29.4 Å². The minimum absolute atomic E-state index is 0.0470. The van der Waals surface area contributed by atoms with Gasteiger partial charge in [0.1, 0.15) is 5.69 Å². The number of nitrogens with zero attached hydrogens (tertiary/aromatic N) is 5. The Morgan fingerprint density at radius 3 is 2.36 bits per heavy atom. The second-order valence-electron chi connectivity index (χ2n) is 7.37. The molecular weight excluding hydrogens is 428 g/mol. The molecule has 0 aliphatic carbocycles. The van der Waals surface area contributed by atoms with Gasteiger partial charge in [-0.25, -0.2) is 0 Å². The number of nitro benzene ring substituents is 1. The van der Waals surface area contributed by atoms with Crippen molar-refractivity contribution < 1.29 is 19.3 Å². The zero-order valence-electron chi connectivity index (χ0n) is 18.4. The number of anilines is 2. The van der Waals surface area contributed by atoms with Crippen LogP contribution in [0.25, 0.3) is 0 Å². The first kappa shape index (κ1) is 23.5. The molecule has 0 spiro atoms. The average Bonchev–Trinajstić information content (AvgIpc) is 3.11. The van der Waals surface area contributed by atoms with Crippen LogP contribution in [0, 0.1) is 10.1 Å². The summed E-state index contributed by atoms with van der Waals surface area (Å²) in [6.07, 6.45) is 0.512. The van der Waals surface area contributed by atoms with E-state index in [0.29, 0.717) is 36.7 Å². The molecule has 1 aliphatic rings. The molecule has 33 heavy (non-hydrogen) atoms. The van der Waals surface area contributed by atoms with Crippen molar-refractivity contribution in [1.82, 2.24) is 4.90 Å². The van der Waals surface area contributed by atoms with Gasteiger partial charge in [0.05, 0.1) is 16.3 Å². The van der Waals surface area contributed by atoms with Gasteiger partial charge in [0.15, 0.2) is 0 Å². The Morgan fingerprint density at radius 1 is 1.12 bits per heavy atom. The minimum Gasteiger partial charge on any atom is -0.370 e. The number of non-ortho nitro benzene ring substituents is 1. The molecule has 0 saturated carbocycles. The molecule has 1 saturated heterocycles. The van der Waals surface area contributed by atoms with E-state index in [-0.39, 0.29) is 36.3 Å². The molecule has 0 aromatic heterocycles. The van der Waals surface area contributed by atoms with Gasteiger partial charge in [0.25, 0.3) is 5.69 Å². The Labute approximate surface area is 190 Å². The lowest BCUT2D eigenvalue weighted by molar-refractivity contribution is -0.384. The predicted octanol–water partition coefficient (Wildman–Crippen LogP) is 3.94. The molecule has 2 aromatic rings. The van der Waals surface area contributed by atoms with Crippen LogP contribution in [-0.2, 0) is 14.4 Å². The molecule has 0 atom stereocenters. The molecule has 3 rings (SSSR count). The smallest absolute Gasteiger partial charge is 0.269 e. The topological polar surface area (TPSA) is 138 Å². The van der Waals surface area contributed by atoms with Crippen molar-refractivity contribution in [3.8, 4) is 0 Å². The number of nitrogens with one attached hydrogen (secondary N) is 1. The van der Waals surface area contributed by atoms with Crippen LogP contribution < -0.4 is 10.2 Å². The number of likely N-dealkylation sites (tertiary alicyclic amines) is 1. The number of imide groups is 1. The van der Waals surface area contributed by atoms with E-state index in [2.05, 4.69) is 15.5 Å². The third-order valence-corrected chi connectivity index (χ3v) is 5.12. The van der Waals surface area contributed by atoms with Gasteiger partial charge in [-0.15, -0.1) is 5.11 Å². The number of amides is 3. The van der Waals surface area contributed by atoms with Crippen molar-refractivity contribution >= 4 is 46.2 Å². The quantitative estimate of drug-likeness (QED) is 0.265. The van der Waals surface area contributed by atoms with Crippen LogP contribution in [0.3, 0.4) is 0 Å². The van der Waals surface area contributed by atoms with Crippen molar-refractivity contribution in [1.29, 1.82) is 0 Å². The van der Waals surface area contributed by atoms with Crippen LogP contribution in [0.15, 0.2) is 52.7 Å². The lowest BCUT2D eigenvalue weighted by Gasteiger charge is -2.26. The largest absolute Gasteiger partial charge is 0.370 e. The summed E-state index contributed by atoms with van der Waals surface area (Å²) in [6.45, 7) is 4.71. The molecule has 3 amide bonds. The maximum absolute atomic E-state index is 11.9. The summed E-state index contributed by atoms with van der Waals surface area (Å²) in [6, 6.07) is 10.9. The van der Waals surface area contributed by atoms with Crippen LogP contribution in [0.1, 0.15) is 26.7 Å². The third kappa shape index (κ3) is 5.97. The molecule has 11 nitrogen and oxygen atoms in total. The molecule has 1 fully saturated rings. The summed E-state index contributed by atoms with van der Waals surface area (Å²) in [5, 5.41) is 21.8. The van der Waals surface area contributed by atoms with Crippen molar-refractivity contribution in [2.75, 3.05) is 29.9 Å². The van der Waals surface area contributed by atoms with E-state index in [4.69, 9.17) is 0 Å². The first-order chi connectivity index (χ1) is 15.8. The van der Waals surface area contributed by atoms with Crippen LogP contribution in [0.5, 0.6) is 0 Å². The van der Waals surface area contributed by atoms with Crippen molar-refractivity contribution in [2.45, 2.75) is 26.7 Å². The number of hydrogen-bond donors (Lipinski definition) is 1. The number of carbonyl (C=O) groups is 3. The average molecular weight is 452 g/mol. The summed E-state index contributed by atoms with van der Waals surface area (Å²) >= 11 is 0. The van der Waals surface area contributed by atoms with Crippen LogP contribution in [-0.4, -0.2) is 47.2 Å². The summed E-state index contributed by atoms with van der Waals surface area (Å²) in [5.41, 5.74) is 2.02. The van der Waals surface area contributed by atoms with Crippen LogP contribution >= 0.6 is 0 Å². The Morgan fingerprint density at radius 2 is 1.79 bits per heavy atom. The van der Waals surface area contributed by atoms with Crippen LogP contribution in [0.4, 0.5) is 28.4 Å². The van der Waals surface area contributed by atoms with Gasteiger partial charge in [-0.2, -0.15) is 5.11 Å². The fourth-order valence-corrected chi connectivity index (χ4v) is 3.41. The first-order valence-electron chi connectivity index (χ1n) is 10.4. The highest BCUT2D eigenvalue weighted by molar-refractivity contribution is 6.02. The fraction of sp³-hybridized carbons (Fsp3) is 0.318. The SMILES string of the molecule is CCN(CCN1C(=O)CCC1=O)c1ccc(N=Nc2ccc([N+](=O)[O-])cc2)c(NC(C)=O)c1. The van der Waals surface area contributed by atoms with Crippen LogP contribution in [0.2, 0.25) is 0 Å².